The van der Waals surface area contributed by atoms with Crippen LogP contribution in [0.3, 0.4) is 0 Å². The number of hydrogen-bond acceptors (Lipinski definition) is 2. The average molecular weight is 168 g/mol. The minimum atomic E-state index is -0.965. The van der Waals surface area contributed by atoms with Crippen molar-refractivity contribution in [1.29, 1.82) is 0 Å². The summed E-state index contributed by atoms with van der Waals surface area (Å²) >= 11 is 0. The molecule has 3 heteroatoms. The van der Waals surface area contributed by atoms with Gasteiger partial charge in [-0.2, -0.15) is 0 Å². The summed E-state index contributed by atoms with van der Waals surface area (Å²) in [6.07, 6.45) is 0. The van der Waals surface area contributed by atoms with E-state index in [-0.39, 0.29) is 5.44 Å². The van der Waals surface area contributed by atoms with Crippen LogP contribution in [0.2, 0.25) is 0 Å². The molecular weight excluding hydrogens is 160 g/mol. The minimum Gasteiger partial charge on any atom is -0.476 e. The van der Waals surface area contributed by atoms with Gasteiger partial charge < -0.3 is 4.74 Å². The van der Waals surface area contributed by atoms with Crippen LogP contribution in [-0.2, 0) is 10.8 Å². The summed E-state index contributed by atoms with van der Waals surface area (Å²) in [6.45, 7) is 1.82. The molecular formula is C8H8O2S. The van der Waals surface area contributed by atoms with Gasteiger partial charge in [0.25, 0.3) is 0 Å². The molecule has 0 saturated heterocycles. The number of rotatable bonds is 0. The summed E-state index contributed by atoms with van der Waals surface area (Å²) in [4.78, 5) is 0.819. The van der Waals surface area contributed by atoms with Gasteiger partial charge in [-0.3, -0.25) is 4.21 Å². The molecule has 2 nitrogen and oxygen atoms in total. The van der Waals surface area contributed by atoms with Gasteiger partial charge in [0.05, 0.1) is 15.7 Å². The largest absolute Gasteiger partial charge is 0.476 e. The molecule has 1 aliphatic heterocycles. The summed E-state index contributed by atoms with van der Waals surface area (Å²) < 4.78 is 16.7. The van der Waals surface area contributed by atoms with Crippen LogP contribution in [0.15, 0.2) is 29.2 Å². The molecule has 0 bridgehead atoms. The van der Waals surface area contributed by atoms with Crippen LogP contribution in [0.25, 0.3) is 0 Å². The first kappa shape index (κ1) is 6.85. The molecule has 2 rings (SSSR count). The summed E-state index contributed by atoms with van der Waals surface area (Å²) in [6, 6.07) is 7.44. The lowest BCUT2D eigenvalue weighted by Crippen LogP contribution is -2.09. The second kappa shape index (κ2) is 2.34. The molecule has 0 N–H and O–H groups in total. The summed E-state index contributed by atoms with van der Waals surface area (Å²) in [5.41, 5.74) is -0.188. The Morgan fingerprint density at radius 1 is 1.45 bits per heavy atom. The highest BCUT2D eigenvalue weighted by atomic mass is 32.2. The highest BCUT2D eigenvalue weighted by Crippen LogP contribution is 2.31. The first-order chi connectivity index (χ1) is 5.29. The Bertz CT molecular complexity index is 309. The Morgan fingerprint density at radius 2 is 2.18 bits per heavy atom. The van der Waals surface area contributed by atoms with E-state index in [9.17, 15) is 4.21 Å². The number of para-hydroxylation sites is 1. The molecule has 2 unspecified atom stereocenters. The normalized spacial score (nSPS) is 27.7. The zero-order chi connectivity index (χ0) is 7.84. The van der Waals surface area contributed by atoms with Gasteiger partial charge in [0.15, 0.2) is 5.44 Å². The average Bonchev–Trinajstić information content (AvgIpc) is 2.30. The van der Waals surface area contributed by atoms with E-state index in [4.69, 9.17) is 4.74 Å². The van der Waals surface area contributed by atoms with Crippen LogP contribution in [0, 0.1) is 0 Å². The molecule has 0 aliphatic carbocycles. The molecule has 11 heavy (non-hydrogen) atoms. The monoisotopic (exact) mass is 168 g/mol. The third-order valence-electron chi connectivity index (χ3n) is 1.66. The first-order valence-electron chi connectivity index (χ1n) is 3.45. The zero-order valence-corrected chi connectivity index (χ0v) is 6.93. The molecule has 0 aromatic heterocycles. The molecule has 1 aromatic rings. The van der Waals surface area contributed by atoms with E-state index in [1.54, 1.807) is 0 Å². The topological polar surface area (TPSA) is 26.3 Å². The lowest BCUT2D eigenvalue weighted by atomic mass is 10.3. The van der Waals surface area contributed by atoms with Gasteiger partial charge in [0.2, 0.25) is 0 Å². The van der Waals surface area contributed by atoms with Crippen molar-refractivity contribution in [2.75, 3.05) is 0 Å². The molecule has 0 amide bonds. The highest BCUT2D eigenvalue weighted by molar-refractivity contribution is 7.85. The SMILES string of the molecule is CC1Oc2ccccc2S1=O. The standard InChI is InChI=1S/C8H8O2S/c1-6-10-7-4-2-3-5-8(7)11(6)9/h2-6H,1H3. The molecule has 2 atom stereocenters. The van der Waals surface area contributed by atoms with Gasteiger partial charge in [-0.05, 0) is 19.1 Å². The summed E-state index contributed by atoms with van der Waals surface area (Å²) in [5.74, 6) is 0.762. The Labute approximate surface area is 67.6 Å². The Balaban J connectivity index is 2.55. The van der Waals surface area contributed by atoms with Crippen molar-refractivity contribution in [3.63, 3.8) is 0 Å². The molecule has 0 radical (unpaired) electrons. The van der Waals surface area contributed by atoms with Crippen molar-refractivity contribution in [1.82, 2.24) is 0 Å². The number of benzene rings is 1. The van der Waals surface area contributed by atoms with Crippen molar-refractivity contribution in [2.45, 2.75) is 17.3 Å². The third-order valence-corrected chi connectivity index (χ3v) is 3.13. The van der Waals surface area contributed by atoms with E-state index in [0.717, 1.165) is 10.6 Å². The molecule has 1 heterocycles. The summed E-state index contributed by atoms with van der Waals surface area (Å²) in [7, 11) is -0.965. The molecule has 58 valence electrons. The van der Waals surface area contributed by atoms with Gasteiger partial charge in [0, 0.05) is 0 Å². The number of ether oxygens (including phenoxy) is 1. The maximum absolute atomic E-state index is 11.4. The first-order valence-corrected chi connectivity index (χ1v) is 4.66. The van der Waals surface area contributed by atoms with Crippen molar-refractivity contribution >= 4 is 10.8 Å². The number of hydrogen-bond donors (Lipinski definition) is 0. The van der Waals surface area contributed by atoms with E-state index >= 15 is 0 Å². The van der Waals surface area contributed by atoms with E-state index in [2.05, 4.69) is 0 Å². The van der Waals surface area contributed by atoms with Crippen LogP contribution in [-0.4, -0.2) is 9.64 Å². The predicted molar refractivity (Wildman–Crippen MR) is 42.9 cm³/mol. The van der Waals surface area contributed by atoms with Gasteiger partial charge in [-0.1, -0.05) is 12.1 Å². The smallest absolute Gasteiger partial charge is 0.175 e. The van der Waals surface area contributed by atoms with Crippen LogP contribution in [0.1, 0.15) is 6.92 Å². The predicted octanol–water partition coefficient (Wildman–Crippen LogP) is 1.53. The van der Waals surface area contributed by atoms with Gasteiger partial charge in [0.1, 0.15) is 5.75 Å². The highest BCUT2D eigenvalue weighted by Gasteiger charge is 2.26. The lowest BCUT2D eigenvalue weighted by molar-refractivity contribution is 0.310. The molecule has 1 aliphatic rings. The molecule has 0 fully saturated rings. The minimum absolute atomic E-state index is 0.188. The van der Waals surface area contributed by atoms with Crippen molar-refractivity contribution in [3.05, 3.63) is 24.3 Å². The molecule has 1 aromatic carbocycles. The quantitative estimate of drug-likeness (QED) is 0.587. The van der Waals surface area contributed by atoms with Crippen molar-refractivity contribution in [2.24, 2.45) is 0 Å². The van der Waals surface area contributed by atoms with Crippen molar-refractivity contribution < 1.29 is 8.95 Å². The fourth-order valence-corrected chi connectivity index (χ4v) is 2.19. The fourth-order valence-electron chi connectivity index (χ4n) is 1.12. The Morgan fingerprint density at radius 3 is 2.91 bits per heavy atom. The van der Waals surface area contributed by atoms with Crippen LogP contribution in [0.4, 0.5) is 0 Å². The van der Waals surface area contributed by atoms with E-state index in [1.807, 2.05) is 31.2 Å². The molecule has 0 saturated carbocycles. The second-order valence-electron chi connectivity index (χ2n) is 2.43. The lowest BCUT2D eigenvalue weighted by Gasteiger charge is -1.98. The van der Waals surface area contributed by atoms with Gasteiger partial charge >= 0.3 is 0 Å². The Kier molecular flexibility index (Phi) is 1.46. The third kappa shape index (κ3) is 0.959. The van der Waals surface area contributed by atoms with Crippen LogP contribution < -0.4 is 4.74 Å². The maximum Gasteiger partial charge on any atom is 0.175 e. The van der Waals surface area contributed by atoms with Gasteiger partial charge in [-0.25, -0.2) is 0 Å². The summed E-state index contributed by atoms with van der Waals surface area (Å²) in [5, 5.41) is 0. The van der Waals surface area contributed by atoms with Gasteiger partial charge in [-0.15, -0.1) is 0 Å². The van der Waals surface area contributed by atoms with E-state index in [0.29, 0.717) is 0 Å². The Hall–Kier alpha value is -0.830. The van der Waals surface area contributed by atoms with Crippen LogP contribution in [0.5, 0.6) is 5.75 Å². The molecule has 0 spiro atoms. The number of fused-ring (bicyclic) bond motifs is 1. The maximum atomic E-state index is 11.4. The zero-order valence-electron chi connectivity index (χ0n) is 6.11. The van der Waals surface area contributed by atoms with Crippen molar-refractivity contribution in [3.8, 4) is 5.75 Å². The fraction of sp³-hybridized carbons (Fsp3) is 0.250. The van der Waals surface area contributed by atoms with Crippen LogP contribution >= 0.6 is 0 Å². The van der Waals surface area contributed by atoms with E-state index in [1.165, 1.54) is 0 Å². The van der Waals surface area contributed by atoms with E-state index < -0.39 is 10.8 Å². The second-order valence-corrected chi connectivity index (χ2v) is 4.13.